The van der Waals surface area contributed by atoms with Crippen molar-refractivity contribution in [1.82, 2.24) is 20.2 Å². The molecule has 0 bridgehead atoms. The van der Waals surface area contributed by atoms with Crippen LogP contribution in [-0.4, -0.2) is 32.2 Å². The number of nitrogens with zero attached hydrogens (tertiary/aromatic N) is 2. The Bertz CT molecular complexity index is 1260. The Morgan fingerprint density at radius 3 is 2.14 bits per heavy atom. The highest BCUT2D eigenvalue weighted by Gasteiger charge is 2.34. The van der Waals surface area contributed by atoms with Gasteiger partial charge in [0.2, 0.25) is 5.91 Å². The van der Waals surface area contributed by atoms with Crippen LogP contribution in [0.1, 0.15) is 48.4 Å². The van der Waals surface area contributed by atoms with E-state index in [1.165, 1.54) is 0 Å². The van der Waals surface area contributed by atoms with Crippen LogP contribution in [0.2, 0.25) is 0 Å². The quantitative estimate of drug-likeness (QED) is 0.384. The molecule has 4 rings (SSSR count). The molecule has 2 amide bonds. The van der Waals surface area contributed by atoms with Gasteiger partial charge >= 0.3 is 0 Å². The second-order valence-electron chi connectivity index (χ2n) is 9.49. The van der Waals surface area contributed by atoms with Crippen LogP contribution in [0.3, 0.4) is 0 Å². The van der Waals surface area contributed by atoms with Gasteiger partial charge in [-0.2, -0.15) is 0 Å². The van der Waals surface area contributed by atoms with Gasteiger partial charge in [0, 0.05) is 30.2 Å². The molecule has 0 aliphatic heterocycles. The zero-order valence-corrected chi connectivity index (χ0v) is 20.2. The third-order valence-electron chi connectivity index (χ3n) is 5.54. The van der Waals surface area contributed by atoms with Crippen molar-refractivity contribution in [2.75, 3.05) is 0 Å². The molecular formula is C29H30N4O2. The van der Waals surface area contributed by atoms with Crippen LogP contribution < -0.4 is 5.32 Å². The molecule has 0 saturated carbocycles. The predicted octanol–water partition coefficient (Wildman–Crippen LogP) is 5.38. The third-order valence-corrected chi connectivity index (χ3v) is 5.54. The standard InChI is InChI=1S/C29H30N4O2/c1-29(2,3)32-27(34)26(23-16-18-30-19-17-23)33(20-21-10-6-4-7-11-21)28(35)25-15-14-24(31-25)22-12-8-5-9-13-22/h4-19,26,31H,20H2,1-3H3,(H,32,34). The summed E-state index contributed by atoms with van der Waals surface area (Å²) in [5, 5.41) is 3.06. The first-order chi connectivity index (χ1) is 16.8. The number of carbonyl (C=O) groups excluding carboxylic acids is 2. The van der Waals surface area contributed by atoms with E-state index in [4.69, 9.17) is 0 Å². The lowest BCUT2D eigenvalue weighted by Crippen LogP contribution is -2.49. The van der Waals surface area contributed by atoms with E-state index in [1.807, 2.05) is 87.5 Å². The molecule has 6 nitrogen and oxygen atoms in total. The molecule has 4 aromatic rings. The number of carbonyl (C=O) groups is 2. The van der Waals surface area contributed by atoms with Gasteiger partial charge in [0.25, 0.3) is 5.91 Å². The average Bonchev–Trinajstić information content (AvgIpc) is 3.34. The van der Waals surface area contributed by atoms with Gasteiger partial charge in [0.15, 0.2) is 0 Å². The lowest BCUT2D eigenvalue weighted by Gasteiger charge is -2.33. The topological polar surface area (TPSA) is 78.1 Å². The lowest BCUT2D eigenvalue weighted by atomic mass is 10.0. The second-order valence-corrected chi connectivity index (χ2v) is 9.49. The number of aromatic nitrogens is 2. The maximum absolute atomic E-state index is 14.0. The normalized spacial score (nSPS) is 12.1. The van der Waals surface area contributed by atoms with E-state index in [0.717, 1.165) is 16.8 Å². The number of hydrogen-bond donors (Lipinski definition) is 2. The molecular weight excluding hydrogens is 436 g/mol. The van der Waals surface area contributed by atoms with Crippen molar-refractivity contribution in [3.63, 3.8) is 0 Å². The third kappa shape index (κ3) is 6.03. The van der Waals surface area contributed by atoms with Crippen LogP contribution in [0.4, 0.5) is 0 Å². The summed E-state index contributed by atoms with van der Waals surface area (Å²) in [6, 6.07) is 25.9. The monoisotopic (exact) mass is 466 g/mol. The summed E-state index contributed by atoms with van der Waals surface area (Å²) < 4.78 is 0. The van der Waals surface area contributed by atoms with E-state index < -0.39 is 11.6 Å². The van der Waals surface area contributed by atoms with Gasteiger partial charge in [-0.3, -0.25) is 14.6 Å². The maximum atomic E-state index is 14.0. The van der Waals surface area contributed by atoms with Gasteiger partial charge in [0.05, 0.1) is 0 Å². The van der Waals surface area contributed by atoms with E-state index >= 15 is 0 Å². The fraction of sp³-hybridized carbons (Fsp3) is 0.207. The minimum Gasteiger partial charge on any atom is -0.351 e. The Labute approximate surface area is 206 Å². The molecule has 2 aromatic heterocycles. The maximum Gasteiger partial charge on any atom is 0.271 e. The van der Waals surface area contributed by atoms with Crippen LogP contribution >= 0.6 is 0 Å². The molecule has 0 radical (unpaired) electrons. The SMILES string of the molecule is CC(C)(C)NC(=O)C(c1ccncc1)N(Cc1ccccc1)C(=O)c1ccc(-c2ccccc2)[nH]1. The highest BCUT2D eigenvalue weighted by Crippen LogP contribution is 2.27. The zero-order valence-electron chi connectivity index (χ0n) is 20.2. The fourth-order valence-corrected chi connectivity index (χ4v) is 3.98. The molecule has 0 aliphatic rings. The highest BCUT2D eigenvalue weighted by molar-refractivity contribution is 5.97. The van der Waals surface area contributed by atoms with Crippen LogP contribution in [0.5, 0.6) is 0 Å². The molecule has 35 heavy (non-hydrogen) atoms. The van der Waals surface area contributed by atoms with Gasteiger partial charge in [-0.05, 0) is 61.7 Å². The average molecular weight is 467 g/mol. The van der Waals surface area contributed by atoms with Gasteiger partial charge < -0.3 is 15.2 Å². The van der Waals surface area contributed by atoms with Gasteiger partial charge in [-0.1, -0.05) is 60.7 Å². The molecule has 1 atom stereocenters. The number of pyridine rings is 1. The minimum absolute atomic E-state index is 0.247. The summed E-state index contributed by atoms with van der Waals surface area (Å²) >= 11 is 0. The molecule has 178 valence electrons. The van der Waals surface area contributed by atoms with Crippen molar-refractivity contribution in [2.45, 2.75) is 38.9 Å². The summed E-state index contributed by atoms with van der Waals surface area (Å²) in [6.45, 7) is 6.04. The van der Waals surface area contributed by atoms with E-state index in [1.54, 1.807) is 35.5 Å². The Hall–Kier alpha value is -4.19. The Morgan fingerprint density at radius 2 is 1.51 bits per heavy atom. The molecule has 2 N–H and O–H groups in total. The van der Waals surface area contributed by atoms with E-state index in [2.05, 4.69) is 15.3 Å². The summed E-state index contributed by atoms with van der Waals surface area (Å²) in [5.74, 6) is -0.510. The first-order valence-electron chi connectivity index (χ1n) is 11.6. The van der Waals surface area contributed by atoms with E-state index in [-0.39, 0.29) is 18.4 Å². The smallest absolute Gasteiger partial charge is 0.271 e. The Balaban J connectivity index is 1.76. The zero-order chi connectivity index (χ0) is 24.8. The molecule has 0 spiro atoms. The summed E-state index contributed by atoms with van der Waals surface area (Å²) in [4.78, 5) is 36.6. The first kappa shape index (κ1) is 24.0. The van der Waals surface area contributed by atoms with Gasteiger partial charge in [-0.25, -0.2) is 0 Å². The Morgan fingerprint density at radius 1 is 0.886 bits per heavy atom. The number of aromatic amines is 1. The second kappa shape index (κ2) is 10.4. The Kier molecular flexibility index (Phi) is 7.11. The van der Waals surface area contributed by atoms with Crippen molar-refractivity contribution >= 4 is 11.8 Å². The van der Waals surface area contributed by atoms with Crippen LogP contribution in [0.25, 0.3) is 11.3 Å². The summed E-state index contributed by atoms with van der Waals surface area (Å²) in [7, 11) is 0. The van der Waals surface area contributed by atoms with Gasteiger partial charge in [0.1, 0.15) is 11.7 Å². The minimum atomic E-state index is -0.839. The van der Waals surface area contributed by atoms with Crippen molar-refractivity contribution in [2.24, 2.45) is 0 Å². The predicted molar refractivity (Wildman–Crippen MR) is 137 cm³/mol. The number of H-pyrrole nitrogens is 1. The van der Waals surface area contributed by atoms with Crippen LogP contribution in [0.15, 0.2) is 97.3 Å². The molecule has 0 aliphatic carbocycles. The summed E-state index contributed by atoms with van der Waals surface area (Å²) in [6.07, 6.45) is 3.28. The number of amides is 2. The number of rotatable bonds is 7. The van der Waals surface area contributed by atoms with Crippen molar-refractivity contribution in [1.29, 1.82) is 0 Å². The van der Waals surface area contributed by atoms with Gasteiger partial charge in [-0.15, -0.1) is 0 Å². The fourth-order valence-electron chi connectivity index (χ4n) is 3.98. The van der Waals surface area contributed by atoms with E-state index in [9.17, 15) is 9.59 Å². The van der Waals surface area contributed by atoms with Crippen LogP contribution in [-0.2, 0) is 11.3 Å². The van der Waals surface area contributed by atoms with Crippen molar-refractivity contribution in [3.05, 3.63) is 114 Å². The lowest BCUT2D eigenvalue weighted by molar-refractivity contribution is -0.127. The molecule has 6 heteroatoms. The molecule has 1 unspecified atom stereocenters. The largest absolute Gasteiger partial charge is 0.351 e. The van der Waals surface area contributed by atoms with E-state index in [0.29, 0.717) is 11.3 Å². The molecule has 2 heterocycles. The molecule has 0 fully saturated rings. The van der Waals surface area contributed by atoms with Crippen molar-refractivity contribution < 1.29 is 9.59 Å². The first-order valence-corrected chi connectivity index (χ1v) is 11.6. The number of benzene rings is 2. The number of nitrogens with one attached hydrogen (secondary N) is 2. The molecule has 2 aromatic carbocycles. The van der Waals surface area contributed by atoms with Crippen molar-refractivity contribution in [3.8, 4) is 11.3 Å². The highest BCUT2D eigenvalue weighted by atomic mass is 16.2. The summed E-state index contributed by atoms with van der Waals surface area (Å²) in [5.41, 5.74) is 3.41. The van der Waals surface area contributed by atoms with Crippen LogP contribution in [0, 0.1) is 0 Å². The number of hydrogen-bond acceptors (Lipinski definition) is 3. The molecule has 0 saturated heterocycles.